The van der Waals surface area contributed by atoms with Crippen LogP contribution in [0.4, 0.5) is 0 Å². The number of hydrogen-bond acceptors (Lipinski definition) is 2. The Kier molecular flexibility index (Phi) is 5.60. The van der Waals surface area contributed by atoms with Gasteiger partial charge in [0.05, 0.1) is 16.0 Å². The summed E-state index contributed by atoms with van der Waals surface area (Å²) in [6.45, 7) is 1.51. The number of benzene rings is 1. The van der Waals surface area contributed by atoms with Crippen LogP contribution in [0.15, 0.2) is 24.3 Å². The van der Waals surface area contributed by atoms with Crippen molar-refractivity contribution >= 4 is 29.2 Å². The lowest BCUT2D eigenvalue weighted by molar-refractivity contribution is -0.140. The Bertz CT molecular complexity index is 331. The van der Waals surface area contributed by atoms with E-state index in [1.807, 2.05) is 12.1 Å². The van der Waals surface area contributed by atoms with Crippen molar-refractivity contribution in [3.8, 4) is 0 Å². The number of halogens is 2. The fourth-order valence-electron chi connectivity index (χ4n) is 1.30. The number of hydrogen-bond donors (Lipinski definition) is 2. The second kappa shape index (κ2) is 6.74. The zero-order valence-corrected chi connectivity index (χ0v) is 10.1. The summed E-state index contributed by atoms with van der Waals surface area (Å²) < 4.78 is 0. The van der Waals surface area contributed by atoms with Gasteiger partial charge in [0.25, 0.3) is 0 Å². The Labute approximate surface area is 104 Å². The monoisotopic (exact) mass is 261 g/mol. The molecular weight excluding hydrogens is 249 g/mol. The number of carboxylic acids is 1. The van der Waals surface area contributed by atoms with Crippen LogP contribution in [-0.2, 0) is 4.79 Å². The molecule has 0 aromatic heterocycles. The Morgan fingerprint density at radius 1 is 1.31 bits per heavy atom. The van der Waals surface area contributed by atoms with Gasteiger partial charge in [-0.3, -0.25) is 4.79 Å². The van der Waals surface area contributed by atoms with E-state index in [1.165, 1.54) is 0 Å². The third-order valence-corrected chi connectivity index (χ3v) is 2.99. The van der Waals surface area contributed by atoms with Crippen molar-refractivity contribution in [2.45, 2.75) is 6.42 Å². The molecule has 1 aliphatic rings. The van der Waals surface area contributed by atoms with Gasteiger partial charge >= 0.3 is 5.97 Å². The van der Waals surface area contributed by atoms with Gasteiger partial charge in [-0.2, -0.15) is 0 Å². The van der Waals surface area contributed by atoms with Gasteiger partial charge < -0.3 is 10.4 Å². The van der Waals surface area contributed by atoms with Gasteiger partial charge in [-0.05, 0) is 25.1 Å². The molecule has 3 nitrogen and oxygen atoms in total. The van der Waals surface area contributed by atoms with E-state index in [4.69, 9.17) is 28.3 Å². The molecule has 1 atom stereocenters. The van der Waals surface area contributed by atoms with Crippen molar-refractivity contribution in [1.82, 2.24) is 5.32 Å². The van der Waals surface area contributed by atoms with E-state index < -0.39 is 5.97 Å². The number of aliphatic carboxylic acids is 1. The standard InChI is InChI=1S/C6H4Cl2.C5H9NO2/c7-5-3-1-2-4-6(5)8;7-5(8)4-1-2-6-3-4/h1-4H;4,6H,1-3H2,(H,7,8). The Morgan fingerprint density at radius 3 is 2.12 bits per heavy atom. The normalized spacial score (nSPS) is 18.8. The molecule has 1 unspecified atom stereocenters. The van der Waals surface area contributed by atoms with Crippen molar-refractivity contribution in [3.63, 3.8) is 0 Å². The maximum Gasteiger partial charge on any atom is 0.307 e. The van der Waals surface area contributed by atoms with Crippen LogP contribution in [0.3, 0.4) is 0 Å². The van der Waals surface area contributed by atoms with E-state index in [0.29, 0.717) is 16.6 Å². The van der Waals surface area contributed by atoms with Gasteiger partial charge in [0.2, 0.25) is 0 Å². The predicted octanol–water partition coefficient (Wildman–Crippen LogP) is 2.67. The Balaban J connectivity index is 0.000000160. The van der Waals surface area contributed by atoms with Crippen molar-refractivity contribution in [1.29, 1.82) is 0 Å². The number of rotatable bonds is 1. The summed E-state index contributed by atoms with van der Waals surface area (Å²) in [7, 11) is 0. The Morgan fingerprint density at radius 2 is 1.88 bits per heavy atom. The van der Waals surface area contributed by atoms with Crippen LogP contribution in [0.2, 0.25) is 10.0 Å². The highest BCUT2D eigenvalue weighted by Crippen LogP contribution is 2.19. The fraction of sp³-hybridized carbons (Fsp3) is 0.364. The largest absolute Gasteiger partial charge is 0.481 e. The number of nitrogens with one attached hydrogen (secondary N) is 1. The molecular formula is C11H13Cl2NO2. The molecule has 1 aromatic carbocycles. The van der Waals surface area contributed by atoms with Gasteiger partial charge in [-0.15, -0.1) is 0 Å². The van der Waals surface area contributed by atoms with E-state index in [1.54, 1.807) is 12.1 Å². The zero-order valence-electron chi connectivity index (χ0n) is 8.62. The fourth-order valence-corrected chi connectivity index (χ4v) is 1.58. The quantitative estimate of drug-likeness (QED) is 0.818. The average Bonchev–Trinajstić information content (AvgIpc) is 2.77. The molecule has 0 saturated carbocycles. The zero-order chi connectivity index (χ0) is 12.0. The highest BCUT2D eigenvalue weighted by molar-refractivity contribution is 6.41. The van der Waals surface area contributed by atoms with Crippen LogP contribution in [0, 0.1) is 5.92 Å². The van der Waals surface area contributed by atoms with Crippen LogP contribution >= 0.6 is 23.2 Å². The summed E-state index contributed by atoms with van der Waals surface area (Å²) in [6.07, 6.45) is 0.787. The van der Waals surface area contributed by atoms with E-state index in [2.05, 4.69) is 5.32 Å². The van der Waals surface area contributed by atoms with E-state index in [0.717, 1.165) is 13.0 Å². The van der Waals surface area contributed by atoms with Gasteiger partial charge in [0.15, 0.2) is 0 Å². The minimum Gasteiger partial charge on any atom is -0.481 e. The highest BCUT2D eigenvalue weighted by Gasteiger charge is 2.20. The molecule has 0 radical (unpaired) electrons. The van der Waals surface area contributed by atoms with E-state index in [9.17, 15) is 4.79 Å². The third-order valence-electron chi connectivity index (χ3n) is 2.23. The maximum absolute atomic E-state index is 10.2. The van der Waals surface area contributed by atoms with Gasteiger partial charge in [-0.25, -0.2) is 0 Å². The molecule has 0 bridgehead atoms. The summed E-state index contributed by atoms with van der Waals surface area (Å²) in [5.74, 6) is -0.801. The molecule has 5 heteroatoms. The van der Waals surface area contributed by atoms with Crippen molar-refractivity contribution in [2.75, 3.05) is 13.1 Å². The summed E-state index contributed by atoms with van der Waals surface area (Å²) in [5, 5.41) is 12.6. The minimum atomic E-state index is -0.671. The average molecular weight is 262 g/mol. The summed E-state index contributed by atoms with van der Waals surface area (Å²) in [5.41, 5.74) is 0. The smallest absolute Gasteiger partial charge is 0.307 e. The lowest BCUT2D eigenvalue weighted by Crippen LogP contribution is -2.16. The molecule has 1 aliphatic heterocycles. The van der Waals surface area contributed by atoms with E-state index in [-0.39, 0.29) is 5.92 Å². The molecule has 1 aromatic rings. The predicted molar refractivity (Wildman–Crippen MR) is 65.1 cm³/mol. The summed E-state index contributed by atoms with van der Waals surface area (Å²) in [6, 6.07) is 7.19. The highest BCUT2D eigenvalue weighted by atomic mass is 35.5. The summed E-state index contributed by atoms with van der Waals surface area (Å²) >= 11 is 11.2. The Hall–Kier alpha value is -0.770. The first-order valence-electron chi connectivity index (χ1n) is 4.95. The lowest BCUT2D eigenvalue weighted by atomic mass is 10.1. The molecule has 1 saturated heterocycles. The molecule has 16 heavy (non-hydrogen) atoms. The van der Waals surface area contributed by atoms with Crippen molar-refractivity contribution in [2.24, 2.45) is 5.92 Å². The summed E-state index contributed by atoms with van der Waals surface area (Å²) in [4.78, 5) is 10.2. The number of carbonyl (C=O) groups is 1. The second-order valence-corrected chi connectivity index (χ2v) is 4.26. The topological polar surface area (TPSA) is 49.3 Å². The van der Waals surface area contributed by atoms with Crippen LogP contribution in [-0.4, -0.2) is 24.2 Å². The molecule has 88 valence electrons. The molecule has 0 spiro atoms. The third kappa shape index (κ3) is 4.39. The molecule has 1 heterocycles. The van der Waals surface area contributed by atoms with Gasteiger partial charge in [0.1, 0.15) is 0 Å². The van der Waals surface area contributed by atoms with E-state index >= 15 is 0 Å². The van der Waals surface area contributed by atoms with Crippen LogP contribution in [0.1, 0.15) is 6.42 Å². The first-order valence-corrected chi connectivity index (χ1v) is 5.70. The first-order chi connectivity index (χ1) is 7.61. The molecule has 2 rings (SSSR count). The molecule has 1 fully saturated rings. The van der Waals surface area contributed by atoms with Gasteiger partial charge in [0, 0.05) is 6.54 Å². The number of carboxylic acid groups (broad SMARTS) is 1. The molecule has 0 amide bonds. The minimum absolute atomic E-state index is 0.130. The second-order valence-electron chi connectivity index (χ2n) is 3.44. The van der Waals surface area contributed by atoms with Crippen LogP contribution in [0.5, 0.6) is 0 Å². The van der Waals surface area contributed by atoms with Crippen molar-refractivity contribution < 1.29 is 9.90 Å². The van der Waals surface area contributed by atoms with Gasteiger partial charge in [-0.1, -0.05) is 35.3 Å². The van der Waals surface area contributed by atoms with Crippen LogP contribution < -0.4 is 5.32 Å². The van der Waals surface area contributed by atoms with Crippen LogP contribution in [0.25, 0.3) is 0 Å². The lowest BCUT2D eigenvalue weighted by Gasteiger charge is -1.96. The first kappa shape index (κ1) is 13.3. The SMILES string of the molecule is Clc1ccccc1Cl.O=C(O)C1CCNC1. The molecule has 2 N–H and O–H groups in total. The maximum atomic E-state index is 10.2. The molecule has 0 aliphatic carbocycles. The van der Waals surface area contributed by atoms with Crippen molar-refractivity contribution in [3.05, 3.63) is 34.3 Å².